The minimum absolute atomic E-state index is 0.632. The van der Waals surface area contributed by atoms with Gasteiger partial charge in [-0.1, -0.05) is 60.2 Å². The van der Waals surface area contributed by atoms with Crippen molar-refractivity contribution >= 4 is 10.9 Å². The summed E-state index contributed by atoms with van der Waals surface area (Å²) in [6.45, 7) is 5.52. The Kier molecular flexibility index (Phi) is 4.68. The molecule has 2 aliphatic heterocycles. The van der Waals surface area contributed by atoms with Crippen LogP contribution in [0.1, 0.15) is 18.1 Å². The number of aromatic nitrogens is 3. The van der Waals surface area contributed by atoms with Crippen LogP contribution in [0, 0.1) is 6.92 Å². The Morgan fingerprint density at radius 3 is 2.40 bits per heavy atom. The number of pyridine rings is 1. The molecular weight excluding hydrogens is 370 g/mol. The van der Waals surface area contributed by atoms with Gasteiger partial charge in [-0.15, -0.1) is 10.2 Å². The van der Waals surface area contributed by atoms with Crippen molar-refractivity contribution in [2.45, 2.75) is 20.4 Å². The Bertz CT molecular complexity index is 1270. The second-order valence-corrected chi connectivity index (χ2v) is 7.53. The van der Waals surface area contributed by atoms with Crippen LogP contribution in [-0.4, -0.2) is 21.4 Å². The van der Waals surface area contributed by atoms with E-state index in [0.29, 0.717) is 6.61 Å². The molecule has 0 N–H and O–H groups in total. The smallest absolute Gasteiger partial charge is 0.120 e. The molecule has 5 rings (SSSR count). The average molecular weight is 393 g/mol. The standard InChI is InChI=1S/C26H23N3O/c1-3-30-21-13-14-24-22(15-21)26-23(25(27-28-26)20-7-5-4-6-8-20)17-29(24)16-19-11-9-18(2)10-12-19/h4-15,17H,3,16H2,1-2H3. The zero-order valence-corrected chi connectivity index (χ0v) is 17.2. The zero-order chi connectivity index (χ0) is 20.5. The number of fused-ring (bicyclic) bond motifs is 3. The molecule has 0 radical (unpaired) electrons. The van der Waals surface area contributed by atoms with Crippen molar-refractivity contribution in [2.24, 2.45) is 0 Å². The van der Waals surface area contributed by atoms with Gasteiger partial charge >= 0.3 is 0 Å². The van der Waals surface area contributed by atoms with Crippen LogP contribution in [0.25, 0.3) is 33.4 Å². The van der Waals surface area contributed by atoms with Crippen LogP contribution >= 0.6 is 0 Å². The first-order valence-electron chi connectivity index (χ1n) is 10.3. The quantitative estimate of drug-likeness (QED) is 0.370. The second-order valence-electron chi connectivity index (χ2n) is 7.53. The maximum atomic E-state index is 5.77. The summed E-state index contributed by atoms with van der Waals surface area (Å²) in [6, 6.07) is 25.1. The highest BCUT2D eigenvalue weighted by atomic mass is 16.5. The molecule has 0 saturated carbocycles. The van der Waals surface area contributed by atoms with Gasteiger partial charge in [0, 0.05) is 29.3 Å². The second kappa shape index (κ2) is 7.64. The molecule has 0 spiro atoms. The molecule has 0 bridgehead atoms. The molecule has 0 saturated heterocycles. The fourth-order valence-electron chi connectivity index (χ4n) is 3.91. The van der Waals surface area contributed by atoms with Crippen molar-refractivity contribution in [1.82, 2.24) is 14.8 Å². The molecule has 30 heavy (non-hydrogen) atoms. The minimum atomic E-state index is 0.632. The summed E-state index contributed by atoms with van der Waals surface area (Å²) >= 11 is 0. The van der Waals surface area contributed by atoms with E-state index in [1.807, 2.05) is 31.2 Å². The van der Waals surface area contributed by atoms with Gasteiger partial charge in [-0.05, 0) is 37.6 Å². The van der Waals surface area contributed by atoms with Gasteiger partial charge in [-0.25, -0.2) is 0 Å². The van der Waals surface area contributed by atoms with E-state index in [4.69, 9.17) is 4.74 Å². The van der Waals surface area contributed by atoms with Crippen LogP contribution in [0.3, 0.4) is 0 Å². The van der Waals surface area contributed by atoms with Gasteiger partial charge in [0.15, 0.2) is 0 Å². The lowest BCUT2D eigenvalue weighted by atomic mass is 10.0. The Labute approximate surface area is 176 Å². The number of aryl methyl sites for hydroxylation is 1. The molecule has 4 heteroatoms. The van der Waals surface area contributed by atoms with Gasteiger partial charge in [-0.2, -0.15) is 0 Å². The van der Waals surface area contributed by atoms with Crippen molar-refractivity contribution in [1.29, 1.82) is 0 Å². The number of hydrogen-bond donors (Lipinski definition) is 0. The first kappa shape index (κ1) is 18.4. The summed E-state index contributed by atoms with van der Waals surface area (Å²) in [5.41, 5.74) is 7.58. The number of nitrogens with zero attached hydrogens (tertiary/aromatic N) is 3. The highest BCUT2D eigenvalue weighted by molar-refractivity contribution is 5.98. The minimum Gasteiger partial charge on any atom is -0.494 e. The van der Waals surface area contributed by atoms with Gasteiger partial charge in [0.05, 0.1) is 12.1 Å². The summed E-state index contributed by atoms with van der Waals surface area (Å²) in [5, 5.41) is 10.2. The van der Waals surface area contributed by atoms with Crippen LogP contribution in [0.15, 0.2) is 79.0 Å². The van der Waals surface area contributed by atoms with Crippen LogP contribution < -0.4 is 4.74 Å². The van der Waals surface area contributed by atoms with E-state index in [0.717, 1.165) is 45.7 Å². The molecule has 3 aromatic carbocycles. The highest BCUT2D eigenvalue weighted by Crippen LogP contribution is 2.37. The molecule has 4 nitrogen and oxygen atoms in total. The molecule has 148 valence electrons. The monoisotopic (exact) mass is 393 g/mol. The summed E-state index contributed by atoms with van der Waals surface area (Å²) in [5.74, 6) is 0.851. The molecule has 2 aliphatic rings. The van der Waals surface area contributed by atoms with Gasteiger partial charge in [-0.3, -0.25) is 0 Å². The van der Waals surface area contributed by atoms with E-state index in [1.165, 1.54) is 11.1 Å². The number of rotatable bonds is 5. The van der Waals surface area contributed by atoms with E-state index in [2.05, 4.69) is 76.4 Å². The van der Waals surface area contributed by atoms with Gasteiger partial charge in [0.2, 0.25) is 0 Å². The number of ether oxygens (including phenoxy) is 1. The van der Waals surface area contributed by atoms with Crippen LogP contribution in [0.2, 0.25) is 0 Å². The first-order valence-corrected chi connectivity index (χ1v) is 10.3. The van der Waals surface area contributed by atoms with Gasteiger partial charge in [0.1, 0.15) is 17.1 Å². The van der Waals surface area contributed by atoms with Crippen molar-refractivity contribution in [3.8, 4) is 28.3 Å². The molecule has 0 fully saturated rings. The third-order valence-corrected chi connectivity index (χ3v) is 5.41. The summed E-state index contributed by atoms with van der Waals surface area (Å²) in [7, 11) is 0. The molecule has 2 heterocycles. The zero-order valence-electron chi connectivity index (χ0n) is 17.2. The maximum absolute atomic E-state index is 5.77. The lowest BCUT2D eigenvalue weighted by Gasteiger charge is -2.16. The molecule has 0 aromatic heterocycles. The third-order valence-electron chi connectivity index (χ3n) is 5.41. The van der Waals surface area contributed by atoms with Crippen LogP contribution in [0.5, 0.6) is 5.75 Å². The molecular formula is C26H23N3O. The molecule has 0 aliphatic carbocycles. The Hall–Kier alpha value is -3.66. The van der Waals surface area contributed by atoms with Crippen LogP contribution in [-0.2, 0) is 6.54 Å². The lowest BCUT2D eigenvalue weighted by molar-refractivity contribution is 0.340. The number of benzene rings is 3. The van der Waals surface area contributed by atoms with E-state index in [-0.39, 0.29) is 0 Å². The predicted octanol–water partition coefficient (Wildman–Crippen LogP) is 5.96. The van der Waals surface area contributed by atoms with Gasteiger partial charge in [0.25, 0.3) is 0 Å². The SMILES string of the molecule is CCOc1ccc2c(c1)c1nnc(-c3ccccc3)c-1cn2Cc1ccc(C)cc1. The molecule has 0 atom stereocenters. The fourth-order valence-corrected chi connectivity index (χ4v) is 3.91. The Morgan fingerprint density at radius 2 is 1.63 bits per heavy atom. The van der Waals surface area contributed by atoms with Crippen molar-refractivity contribution in [3.63, 3.8) is 0 Å². The predicted molar refractivity (Wildman–Crippen MR) is 121 cm³/mol. The Balaban J connectivity index is 1.72. The molecule has 0 unspecified atom stereocenters. The highest BCUT2D eigenvalue weighted by Gasteiger charge is 2.20. The topological polar surface area (TPSA) is 39.9 Å². The molecule has 0 amide bonds. The van der Waals surface area contributed by atoms with Gasteiger partial charge < -0.3 is 9.30 Å². The van der Waals surface area contributed by atoms with E-state index in [9.17, 15) is 0 Å². The van der Waals surface area contributed by atoms with E-state index in [1.54, 1.807) is 0 Å². The third kappa shape index (κ3) is 3.30. The summed E-state index contributed by atoms with van der Waals surface area (Å²) in [6.07, 6.45) is 2.18. The summed E-state index contributed by atoms with van der Waals surface area (Å²) < 4.78 is 8.05. The summed E-state index contributed by atoms with van der Waals surface area (Å²) in [4.78, 5) is 0. The fraction of sp³-hybridized carbons (Fsp3) is 0.154. The van der Waals surface area contributed by atoms with E-state index >= 15 is 0 Å². The lowest BCUT2D eigenvalue weighted by Crippen LogP contribution is -2.04. The van der Waals surface area contributed by atoms with E-state index < -0.39 is 0 Å². The number of hydrogen-bond acceptors (Lipinski definition) is 3. The first-order chi connectivity index (χ1) is 14.7. The van der Waals surface area contributed by atoms with Crippen molar-refractivity contribution in [2.75, 3.05) is 6.61 Å². The maximum Gasteiger partial charge on any atom is 0.120 e. The van der Waals surface area contributed by atoms with Crippen molar-refractivity contribution in [3.05, 3.63) is 90.1 Å². The Morgan fingerprint density at radius 1 is 0.867 bits per heavy atom. The molecule has 3 aromatic rings. The average Bonchev–Trinajstić information content (AvgIpc) is 3.20. The normalized spacial score (nSPS) is 11.3. The largest absolute Gasteiger partial charge is 0.494 e. The van der Waals surface area contributed by atoms with Crippen LogP contribution in [0.4, 0.5) is 0 Å². The van der Waals surface area contributed by atoms with Crippen molar-refractivity contribution < 1.29 is 4.74 Å².